The predicted octanol–water partition coefficient (Wildman–Crippen LogP) is 2.21. The summed E-state index contributed by atoms with van der Waals surface area (Å²) in [5.74, 6) is -1.70. The number of hydrogen-bond acceptors (Lipinski definition) is 6. The van der Waals surface area contributed by atoms with E-state index in [-0.39, 0.29) is 10.5 Å². The Labute approximate surface area is 181 Å². The van der Waals surface area contributed by atoms with E-state index in [0.29, 0.717) is 12.2 Å². The molecular formula is C21H25N3O6S. The molecule has 0 saturated carbocycles. The highest BCUT2D eigenvalue weighted by Gasteiger charge is 2.24. The summed E-state index contributed by atoms with van der Waals surface area (Å²) in [5.41, 5.74) is 1.41. The first-order valence-corrected chi connectivity index (χ1v) is 11.0. The number of benzene rings is 2. The van der Waals surface area contributed by atoms with Gasteiger partial charge >= 0.3 is 12.0 Å². The van der Waals surface area contributed by atoms with Gasteiger partial charge in [-0.05, 0) is 51.1 Å². The Hall–Kier alpha value is -3.40. The van der Waals surface area contributed by atoms with Crippen LogP contribution in [0.5, 0.6) is 0 Å². The molecule has 0 aromatic heterocycles. The maximum atomic E-state index is 13.0. The SMILES string of the molecule is CCNC(=O)NC(=O)[C@@H](C)OC(=O)c1cccc(S(=O)(=O)N(C)c2ccc(C)cc2)c1. The van der Waals surface area contributed by atoms with Gasteiger partial charge in [-0.25, -0.2) is 18.0 Å². The molecule has 2 aromatic carbocycles. The molecule has 3 amide bonds. The zero-order valence-corrected chi connectivity index (χ0v) is 18.5. The largest absolute Gasteiger partial charge is 0.449 e. The van der Waals surface area contributed by atoms with E-state index in [1.807, 2.05) is 12.2 Å². The second kappa shape index (κ2) is 10.1. The Balaban J connectivity index is 2.16. The van der Waals surface area contributed by atoms with Crippen molar-refractivity contribution in [1.29, 1.82) is 0 Å². The predicted molar refractivity (Wildman–Crippen MR) is 115 cm³/mol. The lowest BCUT2D eigenvalue weighted by atomic mass is 10.2. The third-order valence-corrected chi connectivity index (χ3v) is 6.13. The van der Waals surface area contributed by atoms with Crippen molar-refractivity contribution < 1.29 is 27.5 Å². The van der Waals surface area contributed by atoms with Crippen molar-refractivity contribution in [3.8, 4) is 0 Å². The summed E-state index contributed by atoms with van der Waals surface area (Å²) in [5, 5.41) is 4.43. The van der Waals surface area contributed by atoms with Gasteiger partial charge in [0.1, 0.15) is 0 Å². The number of urea groups is 1. The van der Waals surface area contributed by atoms with Gasteiger partial charge in [0.05, 0.1) is 16.1 Å². The summed E-state index contributed by atoms with van der Waals surface area (Å²) in [6.45, 7) is 5.21. The van der Waals surface area contributed by atoms with Gasteiger partial charge in [-0.15, -0.1) is 0 Å². The van der Waals surface area contributed by atoms with Crippen LogP contribution in [0.1, 0.15) is 29.8 Å². The number of sulfonamides is 1. The molecule has 2 rings (SSSR count). The third-order valence-electron chi connectivity index (χ3n) is 4.35. The molecule has 31 heavy (non-hydrogen) atoms. The highest BCUT2D eigenvalue weighted by atomic mass is 32.2. The summed E-state index contributed by atoms with van der Waals surface area (Å²) >= 11 is 0. The van der Waals surface area contributed by atoms with Gasteiger partial charge in [0.25, 0.3) is 15.9 Å². The molecule has 0 spiro atoms. The highest BCUT2D eigenvalue weighted by molar-refractivity contribution is 7.92. The van der Waals surface area contributed by atoms with Crippen LogP contribution in [0.2, 0.25) is 0 Å². The second-order valence-electron chi connectivity index (χ2n) is 6.73. The molecule has 0 aliphatic rings. The molecule has 2 N–H and O–H groups in total. The Morgan fingerprint density at radius 2 is 1.74 bits per heavy atom. The number of esters is 1. The number of ether oxygens (including phenoxy) is 1. The molecule has 0 saturated heterocycles. The molecule has 1 atom stereocenters. The van der Waals surface area contributed by atoms with E-state index in [9.17, 15) is 22.8 Å². The van der Waals surface area contributed by atoms with Crippen molar-refractivity contribution in [2.45, 2.75) is 31.8 Å². The Morgan fingerprint density at radius 3 is 2.35 bits per heavy atom. The van der Waals surface area contributed by atoms with E-state index in [1.165, 1.54) is 38.2 Å². The Bertz CT molecular complexity index is 1070. The van der Waals surface area contributed by atoms with Crippen LogP contribution in [0.3, 0.4) is 0 Å². The lowest BCUT2D eigenvalue weighted by Gasteiger charge is -2.20. The fourth-order valence-electron chi connectivity index (χ4n) is 2.54. The van der Waals surface area contributed by atoms with Crippen molar-refractivity contribution in [1.82, 2.24) is 10.6 Å². The number of rotatable bonds is 7. The highest BCUT2D eigenvalue weighted by Crippen LogP contribution is 2.23. The van der Waals surface area contributed by atoms with Crippen LogP contribution in [0, 0.1) is 6.92 Å². The number of imide groups is 1. The second-order valence-corrected chi connectivity index (χ2v) is 8.70. The summed E-state index contributed by atoms with van der Waals surface area (Å²) in [7, 11) is -2.52. The number of hydrogen-bond donors (Lipinski definition) is 2. The maximum Gasteiger partial charge on any atom is 0.338 e. The number of aryl methyl sites for hydroxylation is 1. The standard InChI is InChI=1S/C21H25N3O6S/c1-5-22-21(27)23-19(25)15(3)30-20(26)16-7-6-8-18(13-16)31(28,29)24(4)17-11-9-14(2)10-12-17/h6-13,15H,5H2,1-4H3,(H2,22,23,25,27)/t15-/m1/s1. The lowest BCUT2D eigenvalue weighted by molar-refractivity contribution is -0.127. The topological polar surface area (TPSA) is 122 Å². The van der Waals surface area contributed by atoms with Crippen LogP contribution < -0.4 is 14.9 Å². The fraction of sp³-hybridized carbons (Fsp3) is 0.286. The molecular weight excluding hydrogens is 422 g/mol. The van der Waals surface area contributed by atoms with E-state index in [0.717, 1.165) is 9.87 Å². The van der Waals surface area contributed by atoms with Gasteiger partial charge < -0.3 is 10.1 Å². The number of amides is 3. The van der Waals surface area contributed by atoms with E-state index < -0.39 is 34.0 Å². The van der Waals surface area contributed by atoms with Crippen molar-refractivity contribution in [3.63, 3.8) is 0 Å². The van der Waals surface area contributed by atoms with Gasteiger partial charge in [-0.2, -0.15) is 0 Å². The van der Waals surface area contributed by atoms with Gasteiger partial charge in [0, 0.05) is 13.6 Å². The number of anilines is 1. The third kappa shape index (κ3) is 6.05. The van der Waals surface area contributed by atoms with Crippen LogP contribution in [0.4, 0.5) is 10.5 Å². The Kier molecular flexibility index (Phi) is 7.76. The number of carbonyl (C=O) groups excluding carboxylic acids is 3. The van der Waals surface area contributed by atoms with Crippen LogP contribution in [0.15, 0.2) is 53.4 Å². The number of nitrogens with zero attached hydrogens (tertiary/aromatic N) is 1. The first-order chi connectivity index (χ1) is 14.6. The van der Waals surface area contributed by atoms with E-state index in [2.05, 4.69) is 5.32 Å². The minimum Gasteiger partial charge on any atom is -0.449 e. The molecule has 0 aliphatic heterocycles. The normalized spacial score (nSPS) is 11.9. The summed E-state index contributed by atoms with van der Waals surface area (Å²) in [4.78, 5) is 35.7. The minimum absolute atomic E-state index is 0.0453. The van der Waals surface area contributed by atoms with Crippen molar-refractivity contribution in [2.75, 3.05) is 17.9 Å². The van der Waals surface area contributed by atoms with Crippen LogP contribution in [-0.4, -0.2) is 46.0 Å². The molecule has 0 aliphatic carbocycles. The van der Waals surface area contributed by atoms with Crippen molar-refractivity contribution in [2.24, 2.45) is 0 Å². The summed E-state index contributed by atoms with van der Waals surface area (Å²) < 4.78 is 32.1. The summed E-state index contributed by atoms with van der Waals surface area (Å²) in [6, 6.07) is 11.6. The minimum atomic E-state index is -3.93. The smallest absolute Gasteiger partial charge is 0.338 e. The van der Waals surface area contributed by atoms with Crippen molar-refractivity contribution in [3.05, 3.63) is 59.7 Å². The number of carbonyl (C=O) groups is 3. The fourth-order valence-corrected chi connectivity index (χ4v) is 3.78. The molecule has 10 heteroatoms. The first kappa shape index (κ1) is 23.9. The van der Waals surface area contributed by atoms with E-state index >= 15 is 0 Å². The average Bonchev–Trinajstić information content (AvgIpc) is 2.73. The molecule has 0 bridgehead atoms. The molecule has 9 nitrogen and oxygen atoms in total. The lowest BCUT2D eigenvalue weighted by Crippen LogP contribution is -2.44. The van der Waals surface area contributed by atoms with Gasteiger partial charge in [-0.1, -0.05) is 23.8 Å². The molecule has 0 unspecified atom stereocenters. The molecule has 166 valence electrons. The van der Waals surface area contributed by atoms with E-state index in [4.69, 9.17) is 4.74 Å². The van der Waals surface area contributed by atoms with Gasteiger partial charge in [0.2, 0.25) is 0 Å². The van der Waals surface area contributed by atoms with Crippen LogP contribution >= 0.6 is 0 Å². The average molecular weight is 448 g/mol. The van der Waals surface area contributed by atoms with Crippen molar-refractivity contribution >= 4 is 33.6 Å². The maximum absolute atomic E-state index is 13.0. The number of nitrogens with one attached hydrogen (secondary N) is 2. The molecule has 0 heterocycles. The Morgan fingerprint density at radius 1 is 1.10 bits per heavy atom. The summed E-state index contributed by atoms with van der Waals surface area (Å²) in [6.07, 6.45) is -1.26. The molecule has 0 radical (unpaired) electrons. The first-order valence-electron chi connectivity index (χ1n) is 9.51. The van der Waals surface area contributed by atoms with Gasteiger partial charge in [0.15, 0.2) is 6.10 Å². The quantitative estimate of drug-likeness (QED) is 0.628. The monoisotopic (exact) mass is 447 g/mol. The molecule has 0 fully saturated rings. The zero-order chi connectivity index (χ0) is 23.2. The van der Waals surface area contributed by atoms with E-state index in [1.54, 1.807) is 31.2 Å². The van der Waals surface area contributed by atoms with Crippen LogP contribution in [0.25, 0.3) is 0 Å². The van der Waals surface area contributed by atoms with Gasteiger partial charge in [-0.3, -0.25) is 14.4 Å². The van der Waals surface area contributed by atoms with Crippen LogP contribution in [-0.2, 0) is 19.6 Å². The zero-order valence-electron chi connectivity index (χ0n) is 17.7. The molecule has 2 aromatic rings.